The number of aromatic nitrogens is 4. The lowest BCUT2D eigenvalue weighted by molar-refractivity contribution is 0.251. The Labute approximate surface area is 192 Å². The van der Waals surface area contributed by atoms with E-state index >= 15 is 0 Å². The third-order valence-electron chi connectivity index (χ3n) is 4.98. The third kappa shape index (κ3) is 4.09. The molecule has 160 valence electrons. The molecule has 1 N–H and O–H groups in total. The van der Waals surface area contributed by atoms with Crippen LogP contribution in [0.4, 0.5) is 0 Å². The summed E-state index contributed by atoms with van der Waals surface area (Å²) in [6.07, 6.45) is 0. The molecule has 5 rings (SSSR count). The second kappa shape index (κ2) is 8.47. The number of hydrogen-bond acceptors (Lipinski definition) is 6. The van der Waals surface area contributed by atoms with Crippen molar-refractivity contribution in [3.8, 4) is 34.3 Å². The van der Waals surface area contributed by atoms with E-state index < -0.39 is 0 Å². The van der Waals surface area contributed by atoms with Crippen LogP contribution < -0.4 is 9.47 Å². The van der Waals surface area contributed by atoms with Gasteiger partial charge in [0.2, 0.25) is 5.89 Å². The summed E-state index contributed by atoms with van der Waals surface area (Å²) in [7, 11) is 1.60. The number of ether oxygens (including phenoxy) is 2. The van der Waals surface area contributed by atoms with Gasteiger partial charge in [-0.15, -0.1) is 10.2 Å². The Morgan fingerprint density at radius 2 is 1.75 bits per heavy atom. The molecule has 2 heterocycles. The van der Waals surface area contributed by atoms with Crippen LogP contribution in [0.3, 0.4) is 0 Å². The molecule has 0 saturated carbocycles. The number of rotatable bonds is 6. The minimum absolute atomic E-state index is 0.128. The maximum absolute atomic E-state index is 5.89. The van der Waals surface area contributed by atoms with Crippen LogP contribution in [-0.2, 0) is 6.61 Å². The van der Waals surface area contributed by atoms with Gasteiger partial charge >= 0.3 is 0 Å². The first kappa shape index (κ1) is 20.3. The number of fused-ring (bicyclic) bond motifs is 1. The van der Waals surface area contributed by atoms with Crippen LogP contribution in [0.25, 0.3) is 33.9 Å². The van der Waals surface area contributed by atoms with Gasteiger partial charge < -0.3 is 18.9 Å². The van der Waals surface area contributed by atoms with Crippen molar-refractivity contribution in [1.29, 1.82) is 0 Å². The first-order chi connectivity index (χ1) is 15.6. The van der Waals surface area contributed by atoms with E-state index in [1.807, 2.05) is 54.6 Å². The molecule has 0 amide bonds. The zero-order chi connectivity index (χ0) is 22.1. The molecule has 32 heavy (non-hydrogen) atoms. The standard InChI is InChI=1S/C24H19BrN4O3/c1-14-3-9-18-19(11-14)27-23(26-18)16-6-10-20(21(12-16)30-2)31-13-22-28-29-24(32-22)15-4-7-17(25)8-5-15/h3-12H,13H2,1-2H3,(H,26,27). The first-order valence-electron chi connectivity index (χ1n) is 9.95. The van der Waals surface area contributed by atoms with Crippen LogP contribution in [0, 0.1) is 6.92 Å². The maximum atomic E-state index is 5.89. The normalized spacial score (nSPS) is 11.1. The van der Waals surface area contributed by atoms with E-state index in [9.17, 15) is 0 Å². The molecule has 0 aliphatic rings. The highest BCUT2D eigenvalue weighted by Gasteiger charge is 2.13. The monoisotopic (exact) mass is 490 g/mol. The topological polar surface area (TPSA) is 86.1 Å². The van der Waals surface area contributed by atoms with Gasteiger partial charge in [0.15, 0.2) is 18.1 Å². The van der Waals surface area contributed by atoms with Crippen LogP contribution >= 0.6 is 15.9 Å². The Kier molecular flexibility index (Phi) is 5.36. The SMILES string of the molecule is COc1cc(-c2nc3ccc(C)cc3[nH]2)ccc1OCc1nnc(-c2ccc(Br)cc2)o1. The van der Waals surface area contributed by atoms with Gasteiger partial charge in [-0.25, -0.2) is 4.98 Å². The van der Waals surface area contributed by atoms with E-state index in [1.165, 1.54) is 5.56 Å². The molecule has 0 radical (unpaired) electrons. The lowest BCUT2D eigenvalue weighted by Gasteiger charge is -2.10. The second-order valence-electron chi connectivity index (χ2n) is 7.27. The summed E-state index contributed by atoms with van der Waals surface area (Å²) in [5, 5.41) is 8.17. The lowest BCUT2D eigenvalue weighted by Crippen LogP contribution is -1.98. The number of aromatic amines is 1. The molecule has 5 aromatic rings. The van der Waals surface area contributed by atoms with E-state index in [4.69, 9.17) is 13.9 Å². The van der Waals surface area contributed by atoms with Crippen LogP contribution in [0.1, 0.15) is 11.5 Å². The van der Waals surface area contributed by atoms with Crippen molar-refractivity contribution < 1.29 is 13.9 Å². The van der Waals surface area contributed by atoms with Gasteiger partial charge in [0.1, 0.15) is 5.82 Å². The molecule has 8 heteroatoms. The van der Waals surface area contributed by atoms with Crippen molar-refractivity contribution >= 4 is 27.0 Å². The highest BCUT2D eigenvalue weighted by atomic mass is 79.9. The second-order valence-corrected chi connectivity index (χ2v) is 8.18. The number of benzene rings is 3. The Balaban J connectivity index is 1.33. The molecule has 0 aliphatic heterocycles. The number of nitrogens with zero attached hydrogens (tertiary/aromatic N) is 3. The van der Waals surface area contributed by atoms with Crippen molar-refractivity contribution in [1.82, 2.24) is 20.2 Å². The summed E-state index contributed by atoms with van der Waals surface area (Å²) in [6.45, 7) is 2.18. The fraction of sp³-hybridized carbons (Fsp3) is 0.125. The Bertz CT molecular complexity index is 1390. The summed E-state index contributed by atoms with van der Waals surface area (Å²) in [5.74, 6) is 2.75. The first-order valence-corrected chi connectivity index (χ1v) is 10.7. The van der Waals surface area contributed by atoms with Gasteiger partial charge in [0.05, 0.1) is 18.1 Å². The van der Waals surface area contributed by atoms with Crippen molar-refractivity contribution in [3.63, 3.8) is 0 Å². The van der Waals surface area contributed by atoms with Gasteiger partial charge in [-0.1, -0.05) is 22.0 Å². The van der Waals surface area contributed by atoms with E-state index in [1.54, 1.807) is 7.11 Å². The number of nitrogens with one attached hydrogen (secondary N) is 1. The Hall–Kier alpha value is -3.65. The molecule has 0 aliphatic carbocycles. The van der Waals surface area contributed by atoms with Crippen LogP contribution in [-0.4, -0.2) is 27.3 Å². The summed E-state index contributed by atoms with van der Waals surface area (Å²) >= 11 is 3.41. The zero-order valence-corrected chi connectivity index (χ0v) is 19.0. The quantitative estimate of drug-likeness (QED) is 0.317. The van der Waals surface area contributed by atoms with Crippen LogP contribution in [0.15, 0.2) is 69.6 Å². The number of H-pyrrole nitrogens is 1. The molecule has 0 unspecified atom stereocenters. The number of halogens is 1. The van der Waals surface area contributed by atoms with Crippen molar-refractivity contribution in [2.45, 2.75) is 13.5 Å². The summed E-state index contributed by atoms with van der Waals surface area (Å²) in [5.41, 5.74) is 4.84. The number of methoxy groups -OCH3 is 1. The smallest absolute Gasteiger partial charge is 0.254 e. The summed E-state index contributed by atoms with van der Waals surface area (Å²) in [6, 6.07) is 19.5. The predicted molar refractivity (Wildman–Crippen MR) is 125 cm³/mol. The minimum Gasteiger partial charge on any atom is -0.493 e. The van der Waals surface area contributed by atoms with Crippen molar-refractivity contribution in [3.05, 3.63) is 76.6 Å². The van der Waals surface area contributed by atoms with Crippen molar-refractivity contribution in [2.24, 2.45) is 0 Å². The molecular weight excluding hydrogens is 472 g/mol. The molecule has 0 bridgehead atoms. The number of hydrogen-bond donors (Lipinski definition) is 1. The molecule has 0 atom stereocenters. The van der Waals surface area contributed by atoms with E-state index in [0.29, 0.717) is 23.3 Å². The molecule has 0 fully saturated rings. The summed E-state index contributed by atoms with van der Waals surface area (Å²) < 4.78 is 18.1. The van der Waals surface area contributed by atoms with Gasteiger partial charge in [0.25, 0.3) is 5.89 Å². The lowest BCUT2D eigenvalue weighted by atomic mass is 10.2. The van der Waals surface area contributed by atoms with Gasteiger partial charge in [-0.2, -0.15) is 0 Å². The Morgan fingerprint density at radius 3 is 2.56 bits per heavy atom. The minimum atomic E-state index is 0.128. The van der Waals surface area contributed by atoms with E-state index in [2.05, 4.69) is 49.1 Å². The van der Waals surface area contributed by atoms with E-state index in [0.717, 1.165) is 32.5 Å². The highest BCUT2D eigenvalue weighted by molar-refractivity contribution is 9.10. The zero-order valence-electron chi connectivity index (χ0n) is 17.4. The average molecular weight is 491 g/mol. The molecule has 0 saturated heterocycles. The van der Waals surface area contributed by atoms with Gasteiger partial charge in [0, 0.05) is 15.6 Å². The third-order valence-corrected chi connectivity index (χ3v) is 5.51. The number of aryl methyl sites for hydroxylation is 1. The van der Waals surface area contributed by atoms with Gasteiger partial charge in [-0.3, -0.25) is 0 Å². The van der Waals surface area contributed by atoms with Crippen LogP contribution in [0.2, 0.25) is 0 Å². The molecule has 7 nitrogen and oxygen atoms in total. The Morgan fingerprint density at radius 1 is 0.938 bits per heavy atom. The highest BCUT2D eigenvalue weighted by Crippen LogP contribution is 2.33. The predicted octanol–water partition coefficient (Wildman–Crippen LogP) is 5.94. The molecule has 0 spiro atoms. The molecule has 2 aromatic heterocycles. The number of imidazole rings is 1. The average Bonchev–Trinajstić information content (AvgIpc) is 3.45. The summed E-state index contributed by atoms with van der Waals surface area (Å²) in [4.78, 5) is 8.03. The van der Waals surface area contributed by atoms with Gasteiger partial charge in [-0.05, 0) is 67.1 Å². The molecular formula is C24H19BrN4O3. The van der Waals surface area contributed by atoms with E-state index in [-0.39, 0.29) is 6.61 Å². The fourth-order valence-electron chi connectivity index (χ4n) is 3.35. The van der Waals surface area contributed by atoms with Crippen LogP contribution in [0.5, 0.6) is 11.5 Å². The van der Waals surface area contributed by atoms with Crippen molar-refractivity contribution in [2.75, 3.05) is 7.11 Å². The fourth-order valence-corrected chi connectivity index (χ4v) is 3.62. The molecule has 3 aromatic carbocycles. The maximum Gasteiger partial charge on any atom is 0.254 e. The largest absolute Gasteiger partial charge is 0.493 e.